The molecule has 0 saturated carbocycles. The largest absolute Gasteiger partial charge is 0.461 e. The first-order chi connectivity index (χ1) is 14.8. The molecule has 31 heavy (non-hydrogen) atoms. The standard InChI is InChI=1S/C22H26N4O4S/c1-14(2)30-22(29)19(8-7-16(27)12-24)26-21(28)20(31-10-9-23)11-15-13-25-18-6-4-3-5-17(15)18/h3-6,12-14,19-20,24-25H,7-8,10-11H2,1-2H3,(H,26,28)/t19-,20-/m0/s1. The summed E-state index contributed by atoms with van der Waals surface area (Å²) in [5.74, 6) is -1.35. The van der Waals surface area contributed by atoms with Crippen LogP contribution in [0.1, 0.15) is 32.3 Å². The van der Waals surface area contributed by atoms with Gasteiger partial charge >= 0.3 is 5.97 Å². The summed E-state index contributed by atoms with van der Waals surface area (Å²) in [6.07, 6.45) is 2.50. The van der Waals surface area contributed by atoms with Crippen LogP contribution in [-0.2, 0) is 25.5 Å². The van der Waals surface area contributed by atoms with Crippen molar-refractivity contribution in [3.05, 3.63) is 36.0 Å². The third kappa shape index (κ3) is 7.26. The van der Waals surface area contributed by atoms with Crippen molar-refractivity contribution in [1.82, 2.24) is 10.3 Å². The molecule has 1 amide bonds. The van der Waals surface area contributed by atoms with E-state index in [0.29, 0.717) is 12.6 Å². The van der Waals surface area contributed by atoms with Gasteiger partial charge in [0.2, 0.25) is 5.91 Å². The van der Waals surface area contributed by atoms with Crippen molar-refractivity contribution in [1.29, 1.82) is 10.7 Å². The van der Waals surface area contributed by atoms with Crippen molar-refractivity contribution in [3.63, 3.8) is 0 Å². The van der Waals surface area contributed by atoms with Crippen molar-refractivity contribution in [2.45, 2.75) is 50.5 Å². The molecule has 164 valence electrons. The second-order valence-corrected chi connectivity index (χ2v) is 8.41. The van der Waals surface area contributed by atoms with Crippen LogP contribution in [0.4, 0.5) is 0 Å². The first-order valence-electron chi connectivity index (χ1n) is 9.93. The van der Waals surface area contributed by atoms with E-state index in [1.165, 1.54) is 11.8 Å². The van der Waals surface area contributed by atoms with Crippen LogP contribution >= 0.6 is 11.8 Å². The van der Waals surface area contributed by atoms with Gasteiger partial charge < -0.3 is 20.4 Å². The Bertz CT molecular complexity index is 979. The summed E-state index contributed by atoms with van der Waals surface area (Å²) in [6, 6.07) is 8.75. The Morgan fingerprint density at radius 2 is 2.06 bits per heavy atom. The van der Waals surface area contributed by atoms with Crippen molar-refractivity contribution in [2.75, 3.05) is 5.75 Å². The SMILES string of the molecule is CC(C)OC(=O)[C@H](CCC(=O)C=N)NC(=O)[C@H](Cc1c[nH]c2ccccc12)SCC#N. The van der Waals surface area contributed by atoms with Gasteiger partial charge in [-0.3, -0.25) is 9.59 Å². The fraction of sp³-hybridized carbons (Fsp3) is 0.409. The van der Waals surface area contributed by atoms with E-state index in [9.17, 15) is 14.4 Å². The zero-order chi connectivity index (χ0) is 22.8. The van der Waals surface area contributed by atoms with E-state index in [1.54, 1.807) is 13.8 Å². The van der Waals surface area contributed by atoms with Crippen LogP contribution in [-0.4, -0.2) is 52.0 Å². The highest BCUT2D eigenvalue weighted by atomic mass is 32.2. The Morgan fingerprint density at radius 1 is 1.32 bits per heavy atom. The van der Waals surface area contributed by atoms with Gasteiger partial charge in [-0.2, -0.15) is 5.26 Å². The van der Waals surface area contributed by atoms with Crippen molar-refractivity contribution in [2.24, 2.45) is 0 Å². The number of nitrogens with one attached hydrogen (secondary N) is 3. The van der Waals surface area contributed by atoms with Gasteiger partial charge in [-0.1, -0.05) is 18.2 Å². The van der Waals surface area contributed by atoms with Gasteiger partial charge in [0.05, 0.1) is 29.4 Å². The van der Waals surface area contributed by atoms with E-state index < -0.39 is 29.0 Å². The number of para-hydroxylation sites is 1. The number of carbonyl (C=O) groups excluding carboxylic acids is 3. The number of Topliss-reactive ketones (excluding diaryl/α,β-unsaturated/α-hetero) is 1. The zero-order valence-electron chi connectivity index (χ0n) is 17.5. The van der Waals surface area contributed by atoms with E-state index in [-0.39, 0.29) is 24.7 Å². The smallest absolute Gasteiger partial charge is 0.328 e. The third-order valence-electron chi connectivity index (χ3n) is 4.51. The highest BCUT2D eigenvalue weighted by molar-refractivity contribution is 8.00. The topological polar surface area (TPSA) is 136 Å². The Hall–Kier alpha value is -3.12. The molecule has 1 aromatic heterocycles. The number of aromatic amines is 1. The fourth-order valence-corrected chi connectivity index (χ4v) is 3.84. The Kier molecular flexibility index (Phi) is 9.28. The summed E-state index contributed by atoms with van der Waals surface area (Å²) in [7, 11) is 0. The second kappa shape index (κ2) is 11.9. The fourth-order valence-electron chi connectivity index (χ4n) is 3.05. The maximum Gasteiger partial charge on any atom is 0.328 e. The number of carbonyl (C=O) groups is 3. The normalized spacial score (nSPS) is 12.7. The number of hydrogen-bond acceptors (Lipinski definition) is 7. The summed E-state index contributed by atoms with van der Waals surface area (Å²) >= 11 is 1.19. The summed E-state index contributed by atoms with van der Waals surface area (Å²) < 4.78 is 5.22. The molecule has 0 aliphatic rings. The van der Waals surface area contributed by atoms with E-state index in [1.807, 2.05) is 36.5 Å². The molecule has 0 bridgehead atoms. The van der Waals surface area contributed by atoms with E-state index in [0.717, 1.165) is 16.5 Å². The number of thioether (sulfide) groups is 1. The van der Waals surface area contributed by atoms with Crippen LogP contribution < -0.4 is 5.32 Å². The number of amides is 1. The van der Waals surface area contributed by atoms with Crippen LogP contribution in [0.3, 0.4) is 0 Å². The molecular formula is C22H26N4O4S. The van der Waals surface area contributed by atoms with Crippen LogP contribution in [0.5, 0.6) is 0 Å². The van der Waals surface area contributed by atoms with Crippen LogP contribution in [0.25, 0.3) is 10.9 Å². The molecule has 0 aliphatic heterocycles. The molecule has 1 aromatic carbocycles. The molecule has 1 heterocycles. The lowest BCUT2D eigenvalue weighted by atomic mass is 10.1. The predicted octanol–water partition coefficient (Wildman–Crippen LogP) is 2.77. The predicted molar refractivity (Wildman–Crippen MR) is 120 cm³/mol. The van der Waals surface area contributed by atoms with Crippen molar-refractivity contribution in [3.8, 4) is 6.07 Å². The molecule has 0 spiro atoms. The maximum atomic E-state index is 13.0. The number of rotatable bonds is 12. The Morgan fingerprint density at radius 3 is 2.74 bits per heavy atom. The number of aromatic nitrogens is 1. The number of nitrogens with zero attached hydrogens (tertiary/aromatic N) is 1. The molecule has 2 atom stereocenters. The lowest BCUT2D eigenvalue weighted by molar-refractivity contribution is -0.151. The zero-order valence-corrected chi connectivity index (χ0v) is 18.3. The molecule has 0 fully saturated rings. The van der Waals surface area contributed by atoms with E-state index in [4.69, 9.17) is 15.4 Å². The lowest BCUT2D eigenvalue weighted by Crippen LogP contribution is -2.46. The molecule has 3 N–H and O–H groups in total. The van der Waals surface area contributed by atoms with Gasteiger partial charge in [0.25, 0.3) is 0 Å². The molecule has 9 heteroatoms. The van der Waals surface area contributed by atoms with E-state index in [2.05, 4.69) is 10.3 Å². The van der Waals surface area contributed by atoms with Crippen LogP contribution in [0, 0.1) is 16.7 Å². The van der Waals surface area contributed by atoms with Crippen molar-refractivity contribution >= 4 is 46.5 Å². The summed E-state index contributed by atoms with van der Waals surface area (Å²) in [5, 5.41) is 19.1. The number of esters is 1. The first-order valence-corrected chi connectivity index (χ1v) is 11.0. The van der Waals surface area contributed by atoms with Gasteiger partial charge in [-0.15, -0.1) is 11.8 Å². The molecule has 2 aromatic rings. The number of benzene rings is 1. The quantitative estimate of drug-likeness (QED) is 0.342. The summed E-state index contributed by atoms with van der Waals surface area (Å²) in [4.78, 5) is 40.2. The average Bonchev–Trinajstić information content (AvgIpc) is 3.15. The number of H-pyrrole nitrogens is 1. The van der Waals surface area contributed by atoms with Gasteiger partial charge in [-0.05, 0) is 38.3 Å². The second-order valence-electron chi connectivity index (χ2n) is 7.22. The molecule has 2 rings (SSSR count). The molecule has 0 aliphatic carbocycles. The number of ketones is 1. The number of fused-ring (bicyclic) bond motifs is 1. The number of hydrogen-bond donors (Lipinski definition) is 3. The van der Waals surface area contributed by atoms with Gasteiger partial charge in [0, 0.05) is 23.5 Å². The third-order valence-corrected chi connectivity index (χ3v) is 5.59. The minimum absolute atomic E-state index is 0.0359. The molecular weight excluding hydrogens is 416 g/mol. The van der Waals surface area contributed by atoms with Crippen LogP contribution in [0.2, 0.25) is 0 Å². The maximum absolute atomic E-state index is 13.0. The van der Waals surface area contributed by atoms with Gasteiger partial charge in [0.1, 0.15) is 6.04 Å². The van der Waals surface area contributed by atoms with Gasteiger partial charge in [-0.25, -0.2) is 4.79 Å². The van der Waals surface area contributed by atoms with Gasteiger partial charge in [0.15, 0.2) is 5.78 Å². The molecule has 8 nitrogen and oxygen atoms in total. The Balaban J connectivity index is 2.17. The minimum Gasteiger partial charge on any atom is -0.461 e. The van der Waals surface area contributed by atoms with Crippen LogP contribution in [0.15, 0.2) is 30.5 Å². The molecule has 0 unspecified atom stereocenters. The molecule has 0 radical (unpaired) electrons. The monoisotopic (exact) mass is 442 g/mol. The summed E-state index contributed by atoms with van der Waals surface area (Å²) in [6.45, 7) is 3.39. The number of nitriles is 1. The Labute approximate surface area is 185 Å². The summed E-state index contributed by atoms with van der Waals surface area (Å²) in [5.41, 5.74) is 1.88. The van der Waals surface area contributed by atoms with E-state index >= 15 is 0 Å². The average molecular weight is 443 g/mol. The molecule has 0 saturated heterocycles. The minimum atomic E-state index is -1.01. The lowest BCUT2D eigenvalue weighted by Gasteiger charge is -2.22. The highest BCUT2D eigenvalue weighted by Crippen LogP contribution is 2.24. The highest BCUT2D eigenvalue weighted by Gasteiger charge is 2.28. The number of ether oxygens (including phenoxy) is 1. The van der Waals surface area contributed by atoms with Crippen molar-refractivity contribution < 1.29 is 19.1 Å². The first kappa shape index (κ1) is 24.2.